The molecular formula is C23H47N3O13S. The van der Waals surface area contributed by atoms with Crippen molar-refractivity contribution >= 4 is 10.1 Å². The Kier molecular flexibility index (Phi) is 31.4. The molecule has 0 N–H and O–H groups in total. The first-order valence-electron chi connectivity index (χ1n) is 13.2. The van der Waals surface area contributed by atoms with Crippen LogP contribution in [0.4, 0.5) is 0 Å². The summed E-state index contributed by atoms with van der Waals surface area (Å²) in [5.74, 6) is 0. The van der Waals surface area contributed by atoms with Crippen LogP contribution in [0.3, 0.4) is 0 Å². The Bertz CT molecular complexity index is 670. The number of ether oxygens (including phenoxy) is 10. The number of hydrogen-bond acceptors (Lipinski definition) is 14. The fourth-order valence-electron chi connectivity index (χ4n) is 2.48. The molecule has 16 nitrogen and oxygen atoms in total. The van der Waals surface area contributed by atoms with E-state index in [4.69, 9.17) is 52.9 Å². The Morgan fingerprint density at radius 1 is 0.450 bits per heavy atom. The fourth-order valence-corrected chi connectivity index (χ4v) is 2.85. The van der Waals surface area contributed by atoms with Crippen LogP contribution in [-0.2, 0) is 61.7 Å². The lowest BCUT2D eigenvalue weighted by atomic mass is 10.6. The van der Waals surface area contributed by atoms with E-state index in [-0.39, 0.29) is 13.2 Å². The maximum Gasteiger partial charge on any atom is 0.264 e. The van der Waals surface area contributed by atoms with Crippen molar-refractivity contribution < 1.29 is 60.0 Å². The van der Waals surface area contributed by atoms with Crippen LogP contribution >= 0.6 is 0 Å². The van der Waals surface area contributed by atoms with Crippen LogP contribution < -0.4 is 0 Å². The minimum absolute atomic E-state index is 0.00468. The van der Waals surface area contributed by atoms with Crippen molar-refractivity contribution in [1.82, 2.24) is 0 Å². The molecule has 0 fully saturated rings. The van der Waals surface area contributed by atoms with E-state index in [0.29, 0.717) is 132 Å². The van der Waals surface area contributed by atoms with E-state index < -0.39 is 10.1 Å². The molecule has 0 rings (SSSR count). The van der Waals surface area contributed by atoms with Gasteiger partial charge in [-0.25, -0.2) is 0 Å². The minimum Gasteiger partial charge on any atom is -0.379 e. The van der Waals surface area contributed by atoms with Gasteiger partial charge in [0.05, 0.1) is 145 Å². The van der Waals surface area contributed by atoms with E-state index in [1.807, 2.05) is 0 Å². The summed E-state index contributed by atoms with van der Waals surface area (Å²) in [5.41, 5.74) is 8.12. The molecule has 0 saturated heterocycles. The molecule has 0 heterocycles. The third kappa shape index (κ3) is 36.8. The second kappa shape index (κ2) is 32.3. The lowest BCUT2D eigenvalue weighted by Crippen LogP contribution is -2.15. The Morgan fingerprint density at radius 2 is 0.675 bits per heavy atom. The summed E-state index contributed by atoms with van der Waals surface area (Å²) in [6.45, 7) is 9.16. The highest BCUT2D eigenvalue weighted by Crippen LogP contribution is 1.88. The summed E-state index contributed by atoms with van der Waals surface area (Å²) in [6.07, 6.45) is 0.993. The van der Waals surface area contributed by atoms with Gasteiger partial charge in [-0.3, -0.25) is 4.18 Å². The summed E-state index contributed by atoms with van der Waals surface area (Å²) >= 11 is 0. The first kappa shape index (κ1) is 38.8. The summed E-state index contributed by atoms with van der Waals surface area (Å²) in [7, 11) is -3.42. The highest BCUT2D eigenvalue weighted by molar-refractivity contribution is 7.85. The fraction of sp³-hybridized carbons (Fsp3) is 1.00. The van der Waals surface area contributed by atoms with Gasteiger partial charge < -0.3 is 47.4 Å². The van der Waals surface area contributed by atoms with Gasteiger partial charge >= 0.3 is 0 Å². The smallest absolute Gasteiger partial charge is 0.264 e. The van der Waals surface area contributed by atoms with E-state index in [1.54, 1.807) is 0 Å². The molecule has 0 aromatic rings. The first-order chi connectivity index (χ1) is 19.6. The number of rotatable bonds is 34. The molecule has 40 heavy (non-hydrogen) atoms. The average molecular weight is 606 g/mol. The van der Waals surface area contributed by atoms with E-state index in [1.165, 1.54) is 0 Å². The molecule has 0 aromatic carbocycles. The van der Waals surface area contributed by atoms with Crippen LogP contribution in [-0.4, -0.2) is 160 Å². The van der Waals surface area contributed by atoms with Crippen molar-refractivity contribution in [3.8, 4) is 0 Å². The van der Waals surface area contributed by atoms with Gasteiger partial charge in [-0.2, -0.15) is 8.42 Å². The SMILES string of the molecule is CS(=O)(=O)OCCOCCOCCOCCOCCOCCOCCOCCOCCOCCOCCN=[N+]=[N-]. The highest BCUT2D eigenvalue weighted by atomic mass is 32.2. The van der Waals surface area contributed by atoms with Crippen LogP contribution in [0.2, 0.25) is 0 Å². The average Bonchev–Trinajstić information content (AvgIpc) is 2.92. The molecule has 0 radical (unpaired) electrons. The summed E-state index contributed by atoms with van der Waals surface area (Å²) in [5, 5.41) is 3.36. The Balaban J connectivity index is 3.06. The zero-order valence-corrected chi connectivity index (χ0v) is 24.4. The molecule has 0 atom stereocenters. The van der Waals surface area contributed by atoms with E-state index in [9.17, 15) is 8.42 Å². The Hall–Kier alpha value is -1.18. The second-order valence-electron chi connectivity index (χ2n) is 7.60. The quantitative estimate of drug-likeness (QED) is 0.0324. The number of hydrogen-bond donors (Lipinski definition) is 0. The maximum atomic E-state index is 10.8. The molecule has 0 bridgehead atoms. The van der Waals surface area contributed by atoms with E-state index >= 15 is 0 Å². The maximum absolute atomic E-state index is 10.8. The summed E-state index contributed by atoms with van der Waals surface area (Å²) in [6, 6.07) is 0. The van der Waals surface area contributed by atoms with Gasteiger partial charge in [0.15, 0.2) is 0 Å². The molecule has 0 aliphatic rings. The topological polar surface area (TPSA) is 184 Å². The standard InChI is InChI=1S/C23H47N3O13S/c1-40(27,28)39-23-22-38-21-20-37-19-18-36-17-16-35-15-14-34-13-12-33-11-10-32-9-8-31-7-6-30-5-4-29-3-2-25-26-24/h2-23H2,1H3. The van der Waals surface area contributed by atoms with Gasteiger partial charge in [0.25, 0.3) is 10.1 Å². The second-order valence-corrected chi connectivity index (χ2v) is 9.25. The van der Waals surface area contributed by atoms with Gasteiger partial charge in [0.2, 0.25) is 0 Å². The van der Waals surface area contributed by atoms with Crippen molar-refractivity contribution in [2.75, 3.05) is 152 Å². The number of azide groups is 1. The van der Waals surface area contributed by atoms with E-state index in [2.05, 4.69) is 14.2 Å². The van der Waals surface area contributed by atoms with Crippen molar-refractivity contribution in [1.29, 1.82) is 0 Å². The molecule has 0 amide bonds. The predicted molar refractivity (Wildman–Crippen MR) is 143 cm³/mol. The highest BCUT2D eigenvalue weighted by Gasteiger charge is 2.00. The van der Waals surface area contributed by atoms with Gasteiger partial charge in [-0.1, -0.05) is 5.11 Å². The van der Waals surface area contributed by atoms with Crippen LogP contribution in [0.1, 0.15) is 0 Å². The zero-order chi connectivity index (χ0) is 29.2. The van der Waals surface area contributed by atoms with Crippen LogP contribution in [0.5, 0.6) is 0 Å². The molecule has 0 aliphatic heterocycles. The normalized spacial score (nSPS) is 11.6. The minimum atomic E-state index is -3.42. The molecule has 0 unspecified atom stereocenters. The van der Waals surface area contributed by atoms with Crippen molar-refractivity contribution in [3.05, 3.63) is 10.4 Å². The Morgan fingerprint density at radius 3 is 0.900 bits per heavy atom. The number of nitrogens with zero attached hydrogens (tertiary/aromatic N) is 3. The summed E-state index contributed by atoms with van der Waals surface area (Å²) in [4.78, 5) is 2.63. The van der Waals surface area contributed by atoms with Crippen LogP contribution in [0.25, 0.3) is 10.4 Å². The van der Waals surface area contributed by atoms with Crippen LogP contribution in [0.15, 0.2) is 5.11 Å². The molecule has 0 aromatic heterocycles. The largest absolute Gasteiger partial charge is 0.379 e. The first-order valence-corrected chi connectivity index (χ1v) is 15.0. The van der Waals surface area contributed by atoms with Crippen molar-refractivity contribution in [3.63, 3.8) is 0 Å². The van der Waals surface area contributed by atoms with E-state index in [0.717, 1.165) is 6.26 Å². The zero-order valence-electron chi connectivity index (χ0n) is 23.6. The molecule has 17 heteroatoms. The molecular weight excluding hydrogens is 558 g/mol. The third-order valence-corrected chi connectivity index (χ3v) is 4.87. The predicted octanol–water partition coefficient (Wildman–Crippen LogP) is 0.439. The summed E-state index contributed by atoms with van der Waals surface area (Å²) < 4.78 is 79.6. The monoisotopic (exact) mass is 605 g/mol. The third-order valence-electron chi connectivity index (χ3n) is 4.27. The molecule has 0 saturated carbocycles. The van der Waals surface area contributed by atoms with Crippen LogP contribution in [0, 0.1) is 0 Å². The van der Waals surface area contributed by atoms with Gasteiger partial charge in [-0.15, -0.1) is 0 Å². The lowest BCUT2D eigenvalue weighted by Gasteiger charge is -2.09. The van der Waals surface area contributed by atoms with Crippen molar-refractivity contribution in [2.45, 2.75) is 0 Å². The molecule has 0 spiro atoms. The lowest BCUT2D eigenvalue weighted by molar-refractivity contribution is -0.0266. The molecule has 238 valence electrons. The van der Waals surface area contributed by atoms with Gasteiger partial charge in [0.1, 0.15) is 0 Å². The van der Waals surface area contributed by atoms with Crippen molar-refractivity contribution in [2.24, 2.45) is 5.11 Å². The van der Waals surface area contributed by atoms with Gasteiger partial charge in [-0.05, 0) is 5.53 Å². The van der Waals surface area contributed by atoms with Gasteiger partial charge in [0, 0.05) is 11.5 Å². The molecule has 0 aliphatic carbocycles. The Labute approximate surface area is 237 Å².